The largest absolute Gasteiger partial charge is 0.433 e. The molecule has 0 atom stereocenters. The van der Waals surface area contributed by atoms with Gasteiger partial charge >= 0.3 is 11.5 Å². The van der Waals surface area contributed by atoms with Gasteiger partial charge < -0.3 is 14.6 Å². The Bertz CT molecular complexity index is 712. The molecule has 0 saturated heterocycles. The van der Waals surface area contributed by atoms with Crippen molar-refractivity contribution in [2.75, 3.05) is 5.32 Å². The van der Waals surface area contributed by atoms with Crippen LogP contribution in [0.25, 0.3) is 0 Å². The molecule has 1 N–H and O–H groups in total. The number of hydrogen-bond donors (Lipinski definition) is 1. The molecule has 22 heavy (non-hydrogen) atoms. The summed E-state index contributed by atoms with van der Waals surface area (Å²) in [4.78, 5) is 23.3. The number of amides is 1. The number of aromatic nitrogens is 1. The lowest BCUT2D eigenvalue weighted by atomic mass is 10.2. The van der Waals surface area contributed by atoms with Crippen LogP contribution in [0.5, 0.6) is 5.75 Å². The second-order valence-corrected chi connectivity index (χ2v) is 5.29. The van der Waals surface area contributed by atoms with Crippen LogP contribution in [-0.2, 0) is 11.3 Å². The van der Waals surface area contributed by atoms with Crippen LogP contribution < -0.4 is 14.9 Å². The minimum absolute atomic E-state index is 0.0560. The summed E-state index contributed by atoms with van der Waals surface area (Å²) >= 11 is 1.07. The predicted octanol–water partition coefficient (Wildman–Crippen LogP) is 2.85. The number of thiazole rings is 1. The number of para-hydroxylation sites is 2. The highest BCUT2D eigenvalue weighted by molar-refractivity contribution is 7.07. The van der Waals surface area contributed by atoms with Gasteiger partial charge in [-0.3, -0.25) is 9.59 Å². The standard InChI is InChI=1S/C14H14F2N2O3S/c1-9-8-22-14(20)18(9)7-6-12(19)17-10-4-2-3-5-11(10)21-13(15)16/h2-5,8,13H,6-7H2,1H3,(H,17,19). The molecule has 1 aromatic carbocycles. The van der Waals surface area contributed by atoms with E-state index in [4.69, 9.17) is 0 Å². The maximum absolute atomic E-state index is 12.3. The van der Waals surface area contributed by atoms with Crippen molar-refractivity contribution >= 4 is 22.9 Å². The van der Waals surface area contributed by atoms with Crippen LogP contribution >= 0.6 is 11.3 Å². The van der Waals surface area contributed by atoms with Gasteiger partial charge in [-0.15, -0.1) is 0 Å². The second-order valence-electron chi connectivity index (χ2n) is 4.47. The summed E-state index contributed by atoms with van der Waals surface area (Å²) in [5, 5.41) is 4.22. The van der Waals surface area contributed by atoms with Gasteiger partial charge in [0, 0.05) is 24.0 Å². The number of halogens is 2. The molecule has 0 aliphatic carbocycles. The Labute approximate surface area is 129 Å². The van der Waals surface area contributed by atoms with Crippen molar-refractivity contribution in [3.05, 3.63) is 45.0 Å². The minimum atomic E-state index is -2.97. The number of anilines is 1. The van der Waals surface area contributed by atoms with Gasteiger partial charge in [-0.1, -0.05) is 23.5 Å². The summed E-state index contributed by atoms with van der Waals surface area (Å²) in [5.74, 6) is -0.488. The van der Waals surface area contributed by atoms with Gasteiger partial charge in [0.2, 0.25) is 5.91 Å². The van der Waals surface area contributed by atoms with E-state index in [1.165, 1.54) is 22.8 Å². The number of hydrogen-bond acceptors (Lipinski definition) is 4. The maximum Gasteiger partial charge on any atom is 0.387 e. The highest BCUT2D eigenvalue weighted by Crippen LogP contribution is 2.25. The average molecular weight is 328 g/mol. The number of nitrogens with zero attached hydrogens (tertiary/aromatic N) is 1. The summed E-state index contributed by atoms with van der Waals surface area (Å²) < 4.78 is 30.4. The van der Waals surface area contributed by atoms with Crippen molar-refractivity contribution in [2.24, 2.45) is 0 Å². The number of carbonyl (C=O) groups is 1. The van der Waals surface area contributed by atoms with Crippen molar-refractivity contribution in [2.45, 2.75) is 26.5 Å². The molecule has 2 rings (SSSR count). The van der Waals surface area contributed by atoms with E-state index in [1.54, 1.807) is 18.4 Å². The summed E-state index contributed by atoms with van der Waals surface area (Å²) in [6.45, 7) is -0.954. The molecule has 0 saturated carbocycles. The fourth-order valence-corrected chi connectivity index (χ4v) is 2.63. The third-order valence-electron chi connectivity index (χ3n) is 2.92. The molecule has 2 aromatic rings. The van der Waals surface area contributed by atoms with Crippen molar-refractivity contribution in [1.82, 2.24) is 4.57 Å². The molecule has 118 valence electrons. The summed E-state index contributed by atoms with van der Waals surface area (Å²) in [6.07, 6.45) is 0.0560. The number of rotatable bonds is 6. The van der Waals surface area contributed by atoms with Crippen LogP contribution in [0, 0.1) is 6.92 Å². The zero-order valence-corrected chi connectivity index (χ0v) is 12.5. The van der Waals surface area contributed by atoms with E-state index >= 15 is 0 Å². The Kier molecular flexibility index (Phi) is 5.26. The van der Waals surface area contributed by atoms with Crippen LogP contribution in [-0.4, -0.2) is 17.1 Å². The first-order valence-electron chi connectivity index (χ1n) is 6.46. The summed E-state index contributed by atoms with van der Waals surface area (Å²) in [6, 6.07) is 5.94. The monoisotopic (exact) mass is 328 g/mol. The quantitative estimate of drug-likeness (QED) is 0.887. The zero-order chi connectivity index (χ0) is 16.1. The molecule has 8 heteroatoms. The van der Waals surface area contributed by atoms with Gasteiger partial charge in [-0.05, 0) is 19.1 Å². The lowest BCUT2D eigenvalue weighted by Crippen LogP contribution is -2.20. The Balaban J connectivity index is 1.99. The van der Waals surface area contributed by atoms with Gasteiger partial charge in [-0.2, -0.15) is 8.78 Å². The molecule has 0 spiro atoms. The lowest BCUT2D eigenvalue weighted by molar-refractivity contribution is -0.116. The smallest absolute Gasteiger partial charge is 0.387 e. The summed E-state index contributed by atoms with van der Waals surface area (Å²) in [7, 11) is 0. The van der Waals surface area contributed by atoms with Gasteiger partial charge in [0.15, 0.2) is 0 Å². The Hall–Kier alpha value is -2.22. The fourth-order valence-electron chi connectivity index (χ4n) is 1.87. The van der Waals surface area contributed by atoms with Crippen LogP contribution in [0.2, 0.25) is 0 Å². The Morgan fingerprint density at radius 1 is 1.41 bits per heavy atom. The molecular weight excluding hydrogens is 314 g/mol. The maximum atomic E-state index is 12.3. The van der Waals surface area contributed by atoms with Gasteiger partial charge in [0.05, 0.1) is 5.69 Å². The number of carbonyl (C=O) groups excluding carboxylic acids is 1. The van der Waals surface area contributed by atoms with E-state index < -0.39 is 6.61 Å². The molecule has 1 heterocycles. The van der Waals surface area contributed by atoms with Crippen molar-refractivity contribution in [3.63, 3.8) is 0 Å². The van der Waals surface area contributed by atoms with Crippen molar-refractivity contribution < 1.29 is 18.3 Å². The number of ether oxygens (including phenoxy) is 1. The lowest BCUT2D eigenvalue weighted by Gasteiger charge is -2.11. The van der Waals surface area contributed by atoms with Crippen LogP contribution in [0.3, 0.4) is 0 Å². The number of benzene rings is 1. The normalized spacial score (nSPS) is 10.7. The first-order valence-corrected chi connectivity index (χ1v) is 7.34. The molecule has 0 bridgehead atoms. The van der Waals surface area contributed by atoms with E-state index in [0.717, 1.165) is 17.0 Å². The molecule has 0 fully saturated rings. The summed E-state index contributed by atoms with van der Waals surface area (Å²) in [5.41, 5.74) is 0.950. The molecule has 5 nitrogen and oxygen atoms in total. The minimum Gasteiger partial charge on any atom is -0.433 e. The van der Waals surface area contributed by atoms with E-state index in [-0.39, 0.29) is 35.2 Å². The van der Waals surface area contributed by atoms with Gasteiger partial charge in [0.1, 0.15) is 5.75 Å². The first kappa shape index (κ1) is 16.2. The molecule has 0 aliphatic heterocycles. The highest BCUT2D eigenvalue weighted by Gasteiger charge is 2.12. The first-order chi connectivity index (χ1) is 10.5. The molecular formula is C14H14F2N2O3S. The van der Waals surface area contributed by atoms with Crippen molar-refractivity contribution in [1.29, 1.82) is 0 Å². The van der Waals surface area contributed by atoms with Crippen LogP contribution in [0.15, 0.2) is 34.4 Å². The predicted molar refractivity (Wildman–Crippen MR) is 79.6 cm³/mol. The second kappa shape index (κ2) is 7.17. The fraction of sp³-hybridized carbons (Fsp3) is 0.286. The number of nitrogens with one attached hydrogen (secondary N) is 1. The van der Waals surface area contributed by atoms with E-state index in [0.29, 0.717) is 0 Å². The van der Waals surface area contributed by atoms with Crippen LogP contribution in [0.1, 0.15) is 12.1 Å². The Morgan fingerprint density at radius 3 is 2.77 bits per heavy atom. The molecule has 0 aliphatic rings. The molecule has 1 aromatic heterocycles. The number of aryl methyl sites for hydroxylation is 1. The zero-order valence-electron chi connectivity index (χ0n) is 11.7. The topological polar surface area (TPSA) is 60.3 Å². The van der Waals surface area contributed by atoms with E-state index in [2.05, 4.69) is 10.1 Å². The van der Waals surface area contributed by atoms with E-state index in [1.807, 2.05) is 0 Å². The van der Waals surface area contributed by atoms with Gasteiger partial charge in [-0.25, -0.2) is 0 Å². The van der Waals surface area contributed by atoms with Gasteiger partial charge in [0.25, 0.3) is 0 Å². The third kappa shape index (κ3) is 4.14. The van der Waals surface area contributed by atoms with Crippen LogP contribution in [0.4, 0.5) is 14.5 Å². The Morgan fingerprint density at radius 2 is 2.14 bits per heavy atom. The molecule has 0 unspecified atom stereocenters. The van der Waals surface area contributed by atoms with Crippen molar-refractivity contribution in [3.8, 4) is 5.75 Å². The highest BCUT2D eigenvalue weighted by atomic mass is 32.1. The SMILES string of the molecule is Cc1csc(=O)n1CCC(=O)Nc1ccccc1OC(F)F. The van der Waals surface area contributed by atoms with E-state index in [9.17, 15) is 18.4 Å². The molecule has 1 amide bonds. The average Bonchev–Trinajstić information content (AvgIpc) is 2.77. The molecule has 0 radical (unpaired) electrons. The number of alkyl halides is 2. The third-order valence-corrected chi connectivity index (χ3v) is 3.80.